The fourth-order valence-electron chi connectivity index (χ4n) is 2.65. The summed E-state index contributed by atoms with van der Waals surface area (Å²) in [7, 11) is 0. The van der Waals surface area contributed by atoms with Crippen LogP contribution in [0.5, 0.6) is 0 Å². The van der Waals surface area contributed by atoms with Crippen LogP contribution in [0, 0.1) is 6.92 Å². The average molecular weight is 363 g/mol. The van der Waals surface area contributed by atoms with Crippen LogP contribution in [-0.4, -0.2) is 31.9 Å². The number of Topliss-reactive ketones (excluding diaryl/α,β-unsaturated/α-hetero) is 1. The molecular weight excluding hydrogens is 342 g/mol. The molecule has 0 fully saturated rings. The zero-order chi connectivity index (χ0) is 19.2. The lowest BCUT2D eigenvalue weighted by atomic mass is 10.1. The lowest BCUT2D eigenvalue weighted by Crippen LogP contribution is -2.14. The number of aromatic nitrogens is 4. The van der Waals surface area contributed by atoms with Crippen molar-refractivity contribution in [2.24, 2.45) is 0 Å². The minimum absolute atomic E-state index is 0.000418. The van der Waals surface area contributed by atoms with Crippen molar-refractivity contribution in [3.05, 3.63) is 59.7 Å². The molecule has 7 nitrogen and oxygen atoms in total. The highest BCUT2D eigenvalue weighted by Gasteiger charge is 2.12. The highest BCUT2D eigenvalue weighted by molar-refractivity contribution is 5.97. The molecule has 0 spiro atoms. The van der Waals surface area contributed by atoms with Crippen molar-refractivity contribution >= 4 is 17.4 Å². The van der Waals surface area contributed by atoms with Crippen LogP contribution in [0.3, 0.4) is 0 Å². The molecule has 2 aromatic carbocycles. The molecular formula is C20H21N5O2. The van der Waals surface area contributed by atoms with Crippen molar-refractivity contribution in [1.29, 1.82) is 0 Å². The Labute approximate surface area is 157 Å². The molecule has 0 unspecified atom stereocenters. The molecule has 0 saturated carbocycles. The third kappa shape index (κ3) is 4.63. The Balaban J connectivity index is 1.66. The summed E-state index contributed by atoms with van der Waals surface area (Å²) < 4.78 is 0. The van der Waals surface area contributed by atoms with Crippen LogP contribution in [0.15, 0.2) is 48.5 Å². The molecule has 27 heavy (non-hydrogen) atoms. The molecule has 1 aromatic heterocycles. The second-order valence-corrected chi connectivity index (χ2v) is 6.26. The van der Waals surface area contributed by atoms with E-state index in [1.807, 2.05) is 38.1 Å². The first-order chi connectivity index (χ1) is 13.1. The van der Waals surface area contributed by atoms with Crippen molar-refractivity contribution < 1.29 is 9.59 Å². The number of hydrogen-bond acceptors (Lipinski definition) is 5. The van der Waals surface area contributed by atoms with Crippen molar-refractivity contribution in [1.82, 2.24) is 20.2 Å². The Morgan fingerprint density at radius 1 is 1.07 bits per heavy atom. The molecule has 0 aliphatic rings. The summed E-state index contributed by atoms with van der Waals surface area (Å²) in [5, 5.41) is 15.1. The second-order valence-electron chi connectivity index (χ2n) is 6.26. The van der Waals surface area contributed by atoms with E-state index in [4.69, 9.17) is 0 Å². The number of benzene rings is 2. The molecule has 7 heteroatoms. The molecule has 3 rings (SSSR count). The van der Waals surface area contributed by atoms with E-state index in [-0.39, 0.29) is 18.2 Å². The summed E-state index contributed by atoms with van der Waals surface area (Å²) in [4.78, 5) is 25.4. The van der Waals surface area contributed by atoms with Crippen LogP contribution in [0.25, 0.3) is 11.4 Å². The van der Waals surface area contributed by atoms with Gasteiger partial charge < -0.3 is 5.32 Å². The first-order valence-electron chi connectivity index (χ1n) is 8.83. The number of aryl methyl sites for hydroxylation is 1. The molecule has 1 heterocycles. The first kappa shape index (κ1) is 18.4. The van der Waals surface area contributed by atoms with E-state index in [0.717, 1.165) is 17.5 Å². The normalized spacial score (nSPS) is 10.6. The number of anilines is 1. The maximum Gasteiger partial charge on any atom is 0.224 e. The first-order valence-corrected chi connectivity index (χ1v) is 8.83. The van der Waals surface area contributed by atoms with Gasteiger partial charge in [-0.3, -0.25) is 9.59 Å². The van der Waals surface area contributed by atoms with Gasteiger partial charge in [-0.2, -0.15) is 4.80 Å². The van der Waals surface area contributed by atoms with Gasteiger partial charge in [-0.1, -0.05) is 31.2 Å². The van der Waals surface area contributed by atoms with Crippen LogP contribution in [0.2, 0.25) is 0 Å². The number of carbonyl (C=O) groups is 2. The van der Waals surface area contributed by atoms with Gasteiger partial charge in [0.2, 0.25) is 11.7 Å². The highest BCUT2D eigenvalue weighted by Crippen LogP contribution is 2.18. The number of rotatable bonds is 7. The average Bonchev–Trinajstić information content (AvgIpc) is 3.11. The summed E-state index contributed by atoms with van der Waals surface area (Å²) in [6.45, 7) is 3.92. The minimum Gasteiger partial charge on any atom is -0.326 e. The van der Waals surface area contributed by atoms with E-state index >= 15 is 0 Å². The molecule has 0 bridgehead atoms. The third-order valence-electron chi connectivity index (χ3n) is 4.09. The Kier molecular flexibility index (Phi) is 5.71. The standard InChI is InChI=1S/C20H21N5O2/c1-3-6-19(27)21-16-11-9-15(10-12-16)18(26)13-25-23-20(22-24-25)17-8-5-4-7-14(17)2/h4-5,7-12H,3,6,13H2,1-2H3,(H,21,27). The topological polar surface area (TPSA) is 89.8 Å². The van der Waals surface area contributed by atoms with Gasteiger partial charge in [0, 0.05) is 23.2 Å². The van der Waals surface area contributed by atoms with Crippen molar-refractivity contribution in [3.63, 3.8) is 0 Å². The number of carbonyl (C=O) groups excluding carboxylic acids is 2. The maximum absolute atomic E-state index is 12.4. The number of amides is 1. The minimum atomic E-state index is -0.129. The number of hydrogen-bond donors (Lipinski definition) is 1. The summed E-state index contributed by atoms with van der Waals surface area (Å²) in [6.07, 6.45) is 1.26. The predicted molar refractivity (Wildman–Crippen MR) is 102 cm³/mol. The lowest BCUT2D eigenvalue weighted by molar-refractivity contribution is -0.116. The highest BCUT2D eigenvalue weighted by atomic mass is 16.1. The Morgan fingerprint density at radius 3 is 2.52 bits per heavy atom. The summed E-state index contributed by atoms with van der Waals surface area (Å²) in [5.74, 6) is 0.331. The van der Waals surface area contributed by atoms with Crippen LogP contribution < -0.4 is 5.32 Å². The summed E-state index contributed by atoms with van der Waals surface area (Å²) >= 11 is 0. The monoisotopic (exact) mass is 363 g/mol. The van der Waals surface area contributed by atoms with E-state index in [1.54, 1.807) is 24.3 Å². The van der Waals surface area contributed by atoms with Gasteiger partial charge in [0.25, 0.3) is 0 Å². The molecule has 0 saturated heterocycles. The number of tetrazole rings is 1. The van der Waals surface area contributed by atoms with Crippen LogP contribution in [0.4, 0.5) is 5.69 Å². The Hall–Kier alpha value is -3.35. The van der Waals surface area contributed by atoms with Gasteiger partial charge in [-0.05, 0) is 48.4 Å². The van der Waals surface area contributed by atoms with Gasteiger partial charge in [-0.15, -0.1) is 10.2 Å². The quantitative estimate of drug-likeness (QED) is 0.651. The maximum atomic E-state index is 12.4. The second kappa shape index (κ2) is 8.35. The molecule has 0 radical (unpaired) electrons. The Bertz CT molecular complexity index is 947. The van der Waals surface area contributed by atoms with Crippen LogP contribution in [-0.2, 0) is 11.3 Å². The largest absolute Gasteiger partial charge is 0.326 e. The molecule has 0 aliphatic carbocycles. The third-order valence-corrected chi connectivity index (χ3v) is 4.09. The molecule has 138 valence electrons. The molecule has 3 aromatic rings. The molecule has 0 aliphatic heterocycles. The molecule has 0 atom stereocenters. The zero-order valence-corrected chi connectivity index (χ0v) is 15.3. The molecule has 1 amide bonds. The van der Waals surface area contributed by atoms with E-state index in [9.17, 15) is 9.59 Å². The fraction of sp³-hybridized carbons (Fsp3) is 0.250. The number of nitrogens with zero attached hydrogens (tertiary/aromatic N) is 4. The van der Waals surface area contributed by atoms with E-state index in [1.165, 1.54) is 4.80 Å². The number of ketones is 1. The van der Waals surface area contributed by atoms with Gasteiger partial charge >= 0.3 is 0 Å². The van der Waals surface area contributed by atoms with Gasteiger partial charge in [0.15, 0.2) is 5.78 Å². The smallest absolute Gasteiger partial charge is 0.224 e. The van der Waals surface area contributed by atoms with Crippen LogP contribution >= 0.6 is 0 Å². The Morgan fingerprint density at radius 2 is 1.81 bits per heavy atom. The predicted octanol–water partition coefficient (Wildman–Crippen LogP) is 3.27. The summed E-state index contributed by atoms with van der Waals surface area (Å²) in [5.41, 5.74) is 3.14. The summed E-state index contributed by atoms with van der Waals surface area (Å²) in [6, 6.07) is 14.6. The zero-order valence-electron chi connectivity index (χ0n) is 15.3. The fourth-order valence-corrected chi connectivity index (χ4v) is 2.65. The van der Waals surface area contributed by atoms with Crippen molar-refractivity contribution in [2.45, 2.75) is 33.2 Å². The van der Waals surface area contributed by atoms with E-state index < -0.39 is 0 Å². The van der Waals surface area contributed by atoms with Crippen molar-refractivity contribution in [2.75, 3.05) is 5.32 Å². The van der Waals surface area contributed by atoms with Crippen LogP contribution in [0.1, 0.15) is 35.7 Å². The van der Waals surface area contributed by atoms with Gasteiger partial charge in [-0.25, -0.2) is 0 Å². The van der Waals surface area contributed by atoms with E-state index in [0.29, 0.717) is 23.5 Å². The van der Waals surface area contributed by atoms with E-state index in [2.05, 4.69) is 20.7 Å². The SMILES string of the molecule is CCCC(=O)Nc1ccc(C(=O)Cn2nnc(-c3ccccc3C)n2)cc1. The van der Waals surface area contributed by atoms with Gasteiger partial charge in [0.05, 0.1) is 0 Å². The van der Waals surface area contributed by atoms with Gasteiger partial charge in [0.1, 0.15) is 6.54 Å². The number of nitrogens with one attached hydrogen (secondary N) is 1. The lowest BCUT2D eigenvalue weighted by Gasteiger charge is -2.05. The molecule has 1 N–H and O–H groups in total. The van der Waals surface area contributed by atoms with Crippen molar-refractivity contribution in [3.8, 4) is 11.4 Å².